The summed E-state index contributed by atoms with van der Waals surface area (Å²) in [4.78, 5) is 18.6. The van der Waals surface area contributed by atoms with Gasteiger partial charge < -0.3 is 10.7 Å². The molecule has 0 atom stereocenters. The van der Waals surface area contributed by atoms with Crippen molar-refractivity contribution in [1.29, 1.82) is 0 Å². The summed E-state index contributed by atoms with van der Waals surface area (Å²) in [5.41, 5.74) is 8.29. The zero-order valence-electron chi connectivity index (χ0n) is 12.4. The Morgan fingerprint density at radius 2 is 1.92 bits per heavy atom. The Hall–Kier alpha value is -2.57. The maximum absolute atomic E-state index is 11.3. The number of halogens is 2. The number of rotatable bonds is 4. The first-order valence-electron chi connectivity index (χ1n) is 7.02. The number of nitrogens with zero attached hydrogens (tertiary/aromatic N) is 3. The third-order valence-corrected chi connectivity index (χ3v) is 4.03. The van der Waals surface area contributed by atoms with E-state index in [9.17, 15) is 4.79 Å². The van der Waals surface area contributed by atoms with Gasteiger partial charge in [-0.15, -0.1) is 5.10 Å². The van der Waals surface area contributed by atoms with Crippen LogP contribution in [0.2, 0.25) is 10.0 Å². The SMILES string of the molecule is Nc1nc2cc(Cl)c(Cl)cc2[nH]/c1=N\N(C=O)Cc1ccccc1. The number of fused-ring (bicyclic) bond motifs is 1. The molecule has 0 unspecified atom stereocenters. The van der Waals surface area contributed by atoms with Gasteiger partial charge in [0.05, 0.1) is 27.6 Å². The molecule has 3 rings (SSSR count). The summed E-state index contributed by atoms with van der Waals surface area (Å²) < 4.78 is 0. The first-order valence-corrected chi connectivity index (χ1v) is 7.77. The van der Waals surface area contributed by atoms with Crippen molar-refractivity contribution in [2.45, 2.75) is 6.54 Å². The molecule has 24 heavy (non-hydrogen) atoms. The van der Waals surface area contributed by atoms with Crippen molar-refractivity contribution in [2.75, 3.05) is 5.73 Å². The minimum Gasteiger partial charge on any atom is -0.381 e. The summed E-state index contributed by atoms with van der Waals surface area (Å²) in [5.74, 6) is 0.154. The number of nitrogens with one attached hydrogen (secondary N) is 1. The first-order chi connectivity index (χ1) is 11.6. The van der Waals surface area contributed by atoms with Crippen molar-refractivity contribution in [3.63, 3.8) is 0 Å². The highest BCUT2D eigenvalue weighted by atomic mass is 35.5. The standard InChI is InChI=1S/C16H13Cl2N5O/c17-11-6-13-14(7-12(11)18)21-16(15(19)20-13)22-23(9-24)8-10-4-2-1-3-5-10/h1-7,9H,8H2,(H2,19,20)(H,21,22). The molecule has 0 aliphatic rings. The zero-order valence-corrected chi connectivity index (χ0v) is 13.9. The minimum absolute atomic E-state index is 0.154. The molecule has 3 aromatic rings. The number of carbonyl (C=O) groups excluding carboxylic acids is 1. The molecule has 122 valence electrons. The van der Waals surface area contributed by atoms with Crippen LogP contribution in [0, 0.1) is 0 Å². The van der Waals surface area contributed by atoms with E-state index in [1.54, 1.807) is 12.1 Å². The summed E-state index contributed by atoms with van der Waals surface area (Å²) in [5, 5.41) is 6.22. The topological polar surface area (TPSA) is 87.4 Å². The van der Waals surface area contributed by atoms with Crippen LogP contribution in [0.3, 0.4) is 0 Å². The molecule has 0 saturated carbocycles. The lowest BCUT2D eigenvalue weighted by Gasteiger charge is -2.11. The molecule has 0 aliphatic carbocycles. The number of amides is 1. The number of carbonyl (C=O) groups is 1. The molecule has 0 radical (unpaired) electrons. The maximum atomic E-state index is 11.3. The number of anilines is 1. The van der Waals surface area contributed by atoms with Gasteiger partial charge in [0.15, 0.2) is 11.3 Å². The normalized spacial score (nSPS) is 11.7. The van der Waals surface area contributed by atoms with Gasteiger partial charge in [-0.05, 0) is 17.7 Å². The number of H-pyrrole nitrogens is 1. The fourth-order valence-electron chi connectivity index (χ4n) is 2.17. The van der Waals surface area contributed by atoms with Crippen LogP contribution in [-0.4, -0.2) is 21.4 Å². The Labute approximate surface area is 147 Å². The Bertz CT molecular complexity index is 956. The number of benzene rings is 2. The Balaban J connectivity index is 2.02. The molecule has 0 saturated heterocycles. The molecular weight excluding hydrogens is 349 g/mol. The molecule has 8 heteroatoms. The van der Waals surface area contributed by atoms with Gasteiger partial charge in [0.25, 0.3) is 0 Å². The molecule has 0 bridgehead atoms. The molecule has 3 N–H and O–H groups in total. The van der Waals surface area contributed by atoms with Crippen LogP contribution in [-0.2, 0) is 11.3 Å². The van der Waals surface area contributed by atoms with Crippen molar-refractivity contribution in [2.24, 2.45) is 5.10 Å². The molecule has 1 aromatic heterocycles. The van der Waals surface area contributed by atoms with Crippen molar-refractivity contribution >= 4 is 46.5 Å². The molecule has 2 aromatic carbocycles. The average molecular weight is 362 g/mol. The van der Waals surface area contributed by atoms with Crippen LogP contribution in [0.4, 0.5) is 5.82 Å². The number of aromatic nitrogens is 2. The highest BCUT2D eigenvalue weighted by Crippen LogP contribution is 2.25. The predicted octanol–water partition coefficient (Wildman–Crippen LogP) is 2.93. The minimum atomic E-state index is 0.154. The van der Waals surface area contributed by atoms with Gasteiger partial charge in [-0.1, -0.05) is 53.5 Å². The van der Waals surface area contributed by atoms with Crippen molar-refractivity contribution < 1.29 is 4.79 Å². The van der Waals surface area contributed by atoms with Gasteiger partial charge in [0.2, 0.25) is 6.41 Å². The monoisotopic (exact) mass is 361 g/mol. The number of aromatic amines is 1. The van der Waals surface area contributed by atoms with Crippen LogP contribution in [0.15, 0.2) is 47.6 Å². The quantitative estimate of drug-likeness (QED) is 0.553. The highest BCUT2D eigenvalue weighted by molar-refractivity contribution is 6.42. The summed E-state index contributed by atoms with van der Waals surface area (Å²) in [6.07, 6.45) is 0.624. The smallest absolute Gasteiger partial charge is 0.230 e. The zero-order chi connectivity index (χ0) is 17.1. The second-order valence-electron chi connectivity index (χ2n) is 5.04. The third-order valence-electron chi connectivity index (χ3n) is 3.31. The number of nitrogen functional groups attached to an aromatic ring is 1. The molecule has 1 heterocycles. The van der Waals surface area contributed by atoms with Crippen LogP contribution in [0.1, 0.15) is 5.56 Å². The van der Waals surface area contributed by atoms with Gasteiger partial charge in [-0.25, -0.2) is 9.99 Å². The molecule has 0 aliphatic heterocycles. The molecule has 0 fully saturated rings. The fourth-order valence-corrected chi connectivity index (χ4v) is 2.50. The van der Waals surface area contributed by atoms with Gasteiger partial charge in [0, 0.05) is 0 Å². The average Bonchev–Trinajstić information content (AvgIpc) is 2.57. The van der Waals surface area contributed by atoms with Crippen LogP contribution in [0.25, 0.3) is 11.0 Å². The van der Waals surface area contributed by atoms with Crippen LogP contribution >= 0.6 is 23.2 Å². The van der Waals surface area contributed by atoms with Crippen molar-refractivity contribution in [1.82, 2.24) is 15.0 Å². The van der Waals surface area contributed by atoms with E-state index < -0.39 is 0 Å². The maximum Gasteiger partial charge on any atom is 0.230 e. The Morgan fingerprint density at radius 1 is 1.21 bits per heavy atom. The summed E-state index contributed by atoms with van der Waals surface area (Å²) in [6, 6.07) is 12.7. The Kier molecular flexibility index (Phi) is 4.69. The number of hydrogen-bond donors (Lipinski definition) is 2. The molecule has 1 amide bonds. The van der Waals surface area contributed by atoms with Gasteiger partial charge in [-0.3, -0.25) is 4.79 Å². The van der Waals surface area contributed by atoms with Gasteiger partial charge in [-0.2, -0.15) is 0 Å². The first kappa shape index (κ1) is 16.3. The second-order valence-corrected chi connectivity index (χ2v) is 5.86. The van der Waals surface area contributed by atoms with E-state index in [4.69, 9.17) is 28.9 Å². The van der Waals surface area contributed by atoms with E-state index in [1.165, 1.54) is 5.01 Å². The number of hydrogen-bond acceptors (Lipinski definition) is 4. The number of nitrogens with two attached hydrogens (primary N) is 1. The predicted molar refractivity (Wildman–Crippen MR) is 94.1 cm³/mol. The van der Waals surface area contributed by atoms with E-state index in [0.717, 1.165) is 5.56 Å². The lowest BCUT2D eigenvalue weighted by Crippen LogP contribution is -2.24. The van der Waals surface area contributed by atoms with E-state index in [2.05, 4.69) is 15.1 Å². The van der Waals surface area contributed by atoms with Gasteiger partial charge in [0.1, 0.15) is 0 Å². The summed E-state index contributed by atoms with van der Waals surface area (Å²) >= 11 is 12.0. The van der Waals surface area contributed by atoms with E-state index in [-0.39, 0.29) is 11.3 Å². The van der Waals surface area contributed by atoms with Crippen LogP contribution in [0.5, 0.6) is 0 Å². The highest BCUT2D eigenvalue weighted by Gasteiger charge is 2.07. The summed E-state index contributed by atoms with van der Waals surface area (Å²) in [7, 11) is 0. The molecular formula is C16H13Cl2N5O. The van der Waals surface area contributed by atoms with E-state index in [1.807, 2.05) is 30.3 Å². The van der Waals surface area contributed by atoms with Crippen LogP contribution < -0.4 is 11.2 Å². The third kappa shape index (κ3) is 3.50. The lowest BCUT2D eigenvalue weighted by atomic mass is 10.2. The van der Waals surface area contributed by atoms with E-state index >= 15 is 0 Å². The van der Waals surface area contributed by atoms with E-state index in [0.29, 0.717) is 34.0 Å². The summed E-state index contributed by atoms with van der Waals surface area (Å²) in [6.45, 7) is 0.316. The lowest BCUT2D eigenvalue weighted by molar-refractivity contribution is -0.118. The van der Waals surface area contributed by atoms with Gasteiger partial charge >= 0.3 is 0 Å². The fraction of sp³-hybridized carbons (Fsp3) is 0.0625. The molecule has 0 spiro atoms. The second kappa shape index (κ2) is 6.90. The van der Waals surface area contributed by atoms with Crippen molar-refractivity contribution in [3.8, 4) is 0 Å². The Morgan fingerprint density at radius 3 is 2.62 bits per heavy atom. The van der Waals surface area contributed by atoms with Crippen molar-refractivity contribution in [3.05, 3.63) is 63.6 Å². The largest absolute Gasteiger partial charge is 0.381 e. The molecule has 6 nitrogen and oxygen atoms in total.